The summed E-state index contributed by atoms with van der Waals surface area (Å²) in [6, 6.07) is 0. The molecule has 0 bridgehead atoms. The fourth-order valence-electron chi connectivity index (χ4n) is 3.87. The van der Waals surface area contributed by atoms with Gasteiger partial charge < -0.3 is 10.2 Å². The summed E-state index contributed by atoms with van der Waals surface area (Å²) in [5, 5.41) is 3.64. The van der Waals surface area contributed by atoms with E-state index in [-0.39, 0.29) is 0 Å². The van der Waals surface area contributed by atoms with E-state index in [4.69, 9.17) is 0 Å². The first kappa shape index (κ1) is 15.3. The van der Waals surface area contributed by atoms with Gasteiger partial charge in [0.05, 0.1) is 0 Å². The molecule has 2 fully saturated rings. The Balaban J connectivity index is 1.89. The number of hydrogen-bond donors (Lipinski definition) is 1. The summed E-state index contributed by atoms with van der Waals surface area (Å²) in [5.74, 6) is 0. The molecule has 2 aliphatic rings. The zero-order valence-electron chi connectivity index (χ0n) is 13.4. The van der Waals surface area contributed by atoms with Crippen LogP contribution in [0.1, 0.15) is 65.7 Å². The van der Waals surface area contributed by atoms with Gasteiger partial charge in [0, 0.05) is 13.1 Å². The molecular formula is C17H34N2. The second-order valence-corrected chi connectivity index (χ2v) is 7.78. The Hall–Kier alpha value is -0.0800. The number of nitrogens with one attached hydrogen (secondary N) is 1. The van der Waals surface area contributed by atoms with Gasteiger partial charge in [-0.25, -0.2) is 0 Å². The van der Waals surface area contributed by atoms with Crippen LogP contribution in [0.5, 0.6) is 0 Å². The van der Waals surface area contributed by atoms with E-state index in [9.17, 15) is 0 Å². The molecule has 0 aromatic heterocycles. The minimum atomic E-state index is 0.579. The fraction of sp³-hybridized carbons (Fsp3) is 1.00. The summed E-state index contributed by atoms with van der Waals surface area (Å²) >= 11 is 0. The molecule has 0 aromatic rings. The van der Waals surface area contributed by atoms with Crippen molar-refractivity contribution >= 4 is 0 Å². The Morgan fingerprint density at radius 3 is 2.16 bits per heavy atom. The topological polar surface area (TPSA) is 15.3 Å². The summed E-state index contributed by atoms with van der Waals surface area (Å²) in [5.41, 5.74) is 1.16. The smallest absolute Gasteiger partial charge is 0.00501 e. The quantitative estimate of drug-likeness (QED) is 0.817. The Kier molecular flexibility index (Phi) is 5.30. The van der Waals surface area contributed by atoms with Gasteiger partial charge in [0.1, 0.15) is 0 Å². The lowest BCUT2D eigenvalue weighted by Crippen LogP contribution is -2.48. The maximum absolute atomic E-state index is 3.64. The summed E-state index contributed by atoms with van der Waals surface area (Å²) in [6.45, 7) is 13.4. The monoisotopic (exact) mass is 266 g/mol. The van der Waals surface area contributed by atoms with Gasteiger partial charge in [0.2, 0.25) is 0 Å². The molecule has 1 heterocycles. The van der Waals surface area contributed by atoms with Gasteiger partial charge in [0.25, 0.3) is 0 Å². The molecule has 1 N–H and O–H groups in total. The third kappa shape index (κ3) is 4.46. The van der Waals surface area contributed by atoms with Crippen LogP contribution in [0.4, 0.5) is 0 Å². The average Bonchev–Trinajstić information content (AvgIpc) is 2.40. The molecule has 0 radical (unpaired) electrons. The molecule has 2 rings (SSSR count). The molecule has 1 aliphatic heterocycles. The lowest BCUT2D eigenvalue weighted by atomic mass is 9.72. The first-order valence-corrected chi connectivity index (χ1v) is 8.48. The van der Waals surface area contributed by atoms with E-state index < -0.39 is 0 Å². The molecule has 19 heavy (non-hydrogen) atoms. The van der Waals surface area contributed by atoms with Crippen LogP contribution in [-0.2, 0) is 0 Å². The highest BCUT2D eigenvalue weighted by Gasteiger charge is 2.35. The summed E-state index contributed by atoms with van der Waals surface area (Å²) in [7, 11) is 0. The van der Waals surface area contributed by atoms with Gasteiger partial charge in [-0.15, -0.1) is 0 Å². The van der Waals surface area contributed by atoms with Gasteiger partial charge in [-0.05, 0) is 56.1 Å². The van der Waals surface area contributed by atoms with E-state index in [1.165, 1.54) is 71.1 Å². The van der Waals surface area contributed by atoms with Crippen LogP contribution in [0.25, 0.3) is 0 Å². The molecule has 0 amide bonds. The largest absolute Gasteiger partial charge is 0.316 e. The Morgan fingerprint density at radius 1 is 0.947 bits per heavy atom. The first-order valence-electron chi connectivity index (χ1n) is 8.48. The molecule has 0 aromatic carbocycles. The number of nitrogens with zero attached hydrogens (tertiary/aromatic N) is 1. The maximum atomic E-state index is 3.64. The molecule has 1 saturated heterocycles. The minimum Gasteiger partial charge on any atom is -0.316 e. The summed E-state index contributed by atoms with van der Waals surface area (Å²) < 4.78 is 0. The molecule has 1 aliphatic carbocycles. The third-order valence-corrected chi connectivity index (χ3v) is 5.43. The number of piperidine rings is 1. The van der Waals surface area contributed by atoms with Crippen LogP contribution >= 0.6 is 0 Å². The fourth-order valence-corrected chi connectivity index (χ4v) is 3.87. The SMILES string of the molecule is CCNCC1(CN2CCC(C)(C)CC2)CCCCC1. The highest BCUT2D eigenvalue weighted by Crippen LogP contribution is 2.38. The average molecular weight is 266 g/mol. The molecule has 1 saturated carbocycles. The van der Waals surface area contributed by atoms with Crippen LogP contribution in [0.3, 0.4) is 0 Å². The van der Waals surface area contributed by atoms with E-state index in [2.05, 4.69) is 31.0 Å². The van der Waals surface area contributed by atoms with E-state index in [0.29, 0.717) is 10.8 Å². The van der Waals surface area contributed by atoms with E-state index >= 15 is 0 Å². The summed E-state index contributed by atoms with van der Waals surface area (Å²) in [4.78, 5) is 2.76. The van der Waals surface area contributed by atoms with Crippen molar-refractivity contribution in [1.82, 2.24) is 10.2 Å². The van der Waals surface area contributed by atoms with Crippen molar-refractivity contribution in [3.8, 4) is 0 Å². The standard InChI is InChI=1S/C17H34N2/c1-4-18-14-17(8-6-5-7-9-17)15-19-12-10-16(2,3)11-13-19/h18H,4-15H2,1-3H3. The predicted molar refractivity (Wildman–Crippen MR) is 83.5 cm³/mol. The van der Waals surface area contributed by atoms with Crippen molar-refractivity contribution in [1.29, 1.82) is 0 Å². The molecule has 0 atom stereocenters. The summed E-state index contributed by atoms with van der Waals surface area (Å²) in [6.07, 6.45) is 10.0. The van der Waals surface area contributed by atoms with Gasteiger partial charge in [-0.1, -0.05) is 40.0 Å². The van der Waals surface area contributed by atoms with Crippen molar-refractivity contribution in [2.75, 3.05) is 32.7 Å². The Labute approximate surface area is 120 Å². The van der Waals surface area contributed by atoms with E-state index in [0.717, 1.165) is 6.54 Å². The van der Waals surface area contributed by atoms with Crippen LogP contribution in [0.15, 0.2) is 0 Å². The highest BCUT2D eigenvalue weighted by molar-refractivity contribution is 4.90. The molecule has 0 unspecified atom stereocenters. The maximum Gasteiger partial charge on any atom is 0.00501 e. The second kappa shape index (κ2) is 6.58. The first-order chi connectivity index (χ1) is 9.05. The molecule has 0 spiro atoms. The van der Waals surface area contributed by atoms with Gasteiger partial charge in [-0.2, -0.15) is 0 Å². The van der Waals surface area contributed by atoms with Crippen molar-refractivity contribution in [2.24, 2.45) is 10.8 Å². The van der Waals surface area contributed by atoms with Crippen molar-refractivity contribution in [2.45, 2.75) is 65.7 Å². The van der Waals surface area contributed by atoms with E-state index in [1.54, 1.807) is 0 Å². The van der Waals surface area contributed by atoms with Crippen LogP contribution < -0.4 is 5.32 Å². The lowest BCUT2D eigenvalue weighted by Gasteiger charge is -2.45. The third-order valence-electron chi connectivity index (χ3n) is 5.43. The lowest BCUT2D eigenvalue weighted by molar-refractivity contribution is 0.0599. The normalized spacial score (nSPS) is 27.3. The molecular weight excluding hydrogens is 232 g/mol. The predicted octanol–water partition coefficient (Wildman–Crippen LogP) is 3.67. The molecule has 2 nitrogen and oxygen atoms in total. The van der Waals surface area contributed by atoms with Crippen molar-refractivity contribution in [3.63, 3.8) is 0 Å². The number of rotatable bonds is 5. The molecule has 2 heteroatoms. The zero-order chi connectivity index (χ0) is 13.8. The Bertz CT molecular complexity index is 256. The van der Waals surface area contributed by atoms with Crippen LogP contribution in [-0.4, -0.2) is 37.6 Å². The van der Waals surface area contributed by atoms with Crippen LogP contribution in [0, 0.1) is 10.8 Å². The minimum absolute atomic E-state index is 0.579. The van der Waals surface area contributed by atoms with Crippen molar-refractivity contribution in [3.05, 3.63) is 0 Å². The Morgan fingerprint density at radius 2 is 1.58 bits per heavy atom. The van der Waals surface area contributed by atoms with Gasteiger partial charge >= 0.3 is 0 Å². The van der Waals surface area contributed by atoms with Gasteiger partial charge in [-0.3, -0.25) is 0 Å². The molecule has 112 valence electrons. The van der Waals surface area contributed by atoms with Crippen molar-refractivity contribution < 1.29 is 0 Å². The highest BCUT2D eigenvalue weighted by atomic mass is 15.1. The van der Waals surface area contributed by atoms with E-state index in [1.807, 2.05) is 0 Å². The number of likely N-dealkylation sites (tertiary alicyclic amines) is 1. The zero-order valence-corrected chi connectivity index (χ0v) is 13.4. The second-order valence-electron chi connectivity index (χ2n) is 7.78. The van der Waals surface area contributed by atoms with Gasteiger partial charge in [0.15, 0.2) is 0 Å². The number of hydrogen-bond acceptors (Lipinski definition) is 2. The van der Waals surface area contributed by atoms with Crippen LogP contribution in [0.2, 0.25) is 0 Å².